The molecular weight excluding hydrogens is 396 g/mol. The second-order valence-electron chi connectivity index (χ2n) is 9.38. The number of hydrogen-bond acceptors (Lipinski definition) is 6. The topological polar surface area (TPSA) is 88.4 Å². The average molecular weight is 427 g/mol. The number of nitrogens with zero attached hydrogens (tertiary/aromatic N) is 2. The number of aliphatic imine (C=N–C) groups is 1. The normalized spacial score (nSPS) is 25.7. The highest BCUT2D eigenvalue weighted by Crippen LogP contribution is 2.48. The number of methoxy groups -OCH3 is 1. The third-order valence-corrected chi connectivity index (χ3v) is 6.45. The summed E-state index contributed by atoms with van der Waals surface area (Å²) in [6.07, 6.45) is 1.10. The van der Waals surface area contributed by atoms with Crippen molar-refractivity contribution < 1.29 is 24.2 Å². The summed E-state index contributed by atoms with van der Waals surface area (Å²) >= 11 is 0. The number of carbonyl (C=O) groups is 2. The van der Waals surface area contributed by atoms with E-state index >= 15 is 0 Å². The van der Waals surface area contributed by atoms with Gasteiger partial charge in [0.2, 0.25) is 5.91 Å². The Hall–Kier alpha value is -2.67. The Morgan fingerprint density at radius 3 is 2.61 bits per heavy atom. The van der Waals surface area contributed by atoms with Gasteiger partial charge in [0.15, 0.2) is 17.3 Å². The monoisotopic (exact) mass is 426 g/mol. The Labute approximate surface area is 182 Å². The SMILES string of the molecule is COc1ccc([C@@H]2C3=C(CC(C)(C)CC3=O)N=C(C)C2C(=O)N2CCOCC2)cc1O. The van der Waals surface area contributed by atoms with Gasteiger partial charge in [0, 0.05) is 42.4 Å². The third-order valence-electron chi connectivity index (χ3n) is 6.45. The highest BCUT2D eigenvalue weighted by Gasteiger charge is 2.46. The van der Waals surface area contributed by atoms with E-state index in [1.54, 1.807) is 17.0 Å². The largest absolute Gasteiger partial charge is 0.504 e. The summed E-state index contributed by atoms with van der Waals surface area (Å²) < 4.78 is 10.6. The van der Waals surface area contributed by atoms with E-state index in [0.717, 1.165) is 11.3 Å². The molecule has 1 aromatic carbocycles. The van der Waals surface area contributed by atoms with Crippen molar-refractivity contribution in [2.75, 3.05) is 33.4 Å². The molecule has 1 amide bonds. The first kappa shape index (κ1) is 21.6. The molecular formula is C24H30N2O5. The van der Waals surface area contributed by atoms with E-state index in [0.29, 0.717) is 56.2 Å². The molecule has 1 fully saturated rings. The number of carbonyl (C=O) groups excluding carboxylic acids is 2. The van der Waals surface area contributed by atoms with Gasteiger partial charge in [-0.15, -0.1) is 0 Å². The zero-order valence-corrected chi connectivity index (χ0v) is 18.6. The van der Waals surface area contributed by atoms with E-state index in [4.69, 9.17) is 14.5 Å². The van der Waals surface area contributed by atoms with Crippen LogP contribution in [0.3, 0.4) is 0 Å². The molecule has 0 aromatic heterocycles. The Morgan fingerprint density at radius 2 is 1.97 bits per heavy atom. The first-order valence-corrected chi connectivity index (χ1v) is 10.8. The van der Waals surface area contributed by atoms with Crippen LogP contribution in [0.5, 0.6) is 11.5 Å². The number of ether oxygens (including phenoxy) is 2. The van der Waals surface area contributed by atoms with E-state index in [9.17, 15) is 14.7 Å². The van der Waals surface area contributed by atoms with Crippen molar-refractivity contribution in [2.45, 2.75) is 39.5 Å². The van der Waals surface area contributed by atoms with Gasteiger partial charge in [0.25, 0.3) is 0 Å². The lowest BCUT2D eigenvalue weighted by Gasteiger charge is -2.41. The van der Waals surface area contributed by atoms with Gasteiger partial charge < -0.3 is 19.5 Å². The fourth-order valence-electron chi connectivity index (χ4n) is 5.01. The van der Waals surface area contributed by atoms with Gasteiger partial charge in [-0.25, -0.2) is 0 Å². The second kappa shape index (κ2) is 8.11. The predicted octanol–water partition coefficient (Wildman–Crippen LogP) is 3.08. The summed E-state index contributed by atoms with van der Waals surface area (Å²) in [6, 6.07) is 5.12. The van der Waals surface area contributed by atoms with Crippen molar-refractivity contribution in [1.82, 2.24) is 4.90 Å². The number of ketones is 1. The molecule has 7 nitrogen and oxygen atoms in total. The zero-order chi connectivity index (χ0) is 22.3. The zero-order valence-electron chi connectivity index (χ0n) is 18.6. The number of benzene rings is 1. The van der Waals surface area contributed by atoms with E-state index in [-0.39, 0.29) is 22.9 Å². The van der Waals surface area contributed by atoms with Crippen LogP contribution in [0, 0.1) is 11.3 Å². The van der Waals surface area contributed by atoms with Crippen molar-refractivity contribution >= 4 is 17.4 Å². The Bertz CT molecular complexity index is 972. The summed E-state index contributed by atoms with van der Waals surface area (Å²) in [5, 5.41) is 10.4. The number of phenolic OH excluding ortho intramolecular Hbond substituents is 1. The summed E-state index contributed by atoms with van der Waals surface area (Å²) in [5.74, 6) is -0.746. The van der Waals surface area contributed by atoms with Gasteiger partial charge >= 0.3 is 0 Å². The number of aromatic hydroxyl groups is 1. The highest BCUT2D eigenvalue weighted by atomic mass is 16.5. The number of phenols is 1. The van der Waals surface area contributed by atoms with Crippen LogP contribution in [-0.4, -0.2) is 60.8 Å². The lowest BCUT2D eigenvalue weighted by Crippen LogP contribution is -2.48. The molecule has 1 saturated heterocycles. The van der Waals surface area contributed by atoms with Gasteiger partial charge in [-0.2, -0.15) is 0 Å². The average Bonchev–Trinajstić information content (AvgIpc) is 2.72. The van der Waals surface area contributed by atoms with Crippen LogP contribution < -0.4 is 4.74 Å². The molecule has 1 N–H and O–H groups in total. The van der Waals surface area contributed by atoms with Crippen molar-refractivity contribution in [2.24, 2.45) is 16.3 Å². The van der Waals surface area contributed by atoms with Crippen LogP contribution in [0.2, 0.25) is 0 Å². The Balaban J connectivity index is 1.83. The highest BCUT2D eigenvalue weighted by molar-refractivity contribution is 6.10. The van der Waals surface area contributed by atoms with Crippen LogP contribution in [-0.2, 0) is 14.3 Å². The maximum atomic E-state index is 13.6. The van der Waals surface area contributed by atoms with E-state index in [1.165, 1.54) is 7.11 Å². The standard InChI is InChI=1S/C24H30N2O5/c1-14-20(23(29)26-7-9-31-10-8-26)21(15-5-6-19(30-4)17(27)11-15)22-16(25-14)12-24(2,3)13-18(22)28/h5-6,11,20-21,27H,7-10,12-13H2,1-4H3/t20?,21-/m0/s1. The van der Waals surface area contributed by atoms with Crippen LogP contribution in [0.1, 0.15) is 45.1 Å². The predicted molar refractivity (Wildman–Crippen MR) is 116 cm³/mol. The minimum atomic E-state index is -0.588. The molecule has 0 bridgehead atoms. The first-order chi connectivity index (χ1) is 14.7. The molecule has 31 heavy (non-hydrogen) atoms. The molecule has 7 heteroatoms. The molecule has 3 aliphatic rings. The fourth-order valence-corrected chi connectivity index (χ4v) is 5.01. The first-order valence-electron chi connectivity index (χ1n) is 10.8. The van der Waals surface area contributed by atoms with E-state index in [2.05, 4.69) is 13.8 Å². The van der Waals surface area contributed by atoms with Crippen LogP contribution in [0.4, 0.5) is 0 Å². The number of rotatable bonds is 3. The smallest absolute Gasteiger partial charge is 0.232 e. The quantitative estimate of drug-likeness (QED) is 0.803. The van der Waals surface area contributed by atoms with Crippen LogP contribution in [0.25, 0.3) is 0 Å². The number of hydrogen-bond donors (Lipinski definition) is 1. The van der Waals surface area contributed by atoms with Gasteiger partial charge in [-0.05, 0) is 36.5 Å². The third kappa shape index (κ3) is 3.99. The number of Topliss-reactive ketones (excluding diaryl/α,β-unsaturated/α-hetero) is 1. The molecule has 4 rings (SSSR count). The molecule has 0 spiro atoms. The molecule has 1 aliphatic carbocycles. The number of allylic oxidation sites excluding steroid dienone is 2. The van der Waals surface area contributed by atoms with E-state index in [1.807, 2.05) is 13.0 Å². The van der Waals surface area contributed by atoms with Crippen molar-refractivity contribution in [1.29, 1.82) is 0 Å². The van der Waals surface area contributed by atoms with E-state index < -0.39 is 11.8 Å². The van der Waals surface area contributed by atoms with Gasteiger partial charge in [0.05, 0.1) is 26.2 Å². The Kier molecular flexibility index (Phi) is 5.64. The summed E-state index contributed by atoms with van der Waals surface area (Å²) in [7, 11) is 1.49. The minimum Gasteiger partial charge on any atom is -0.504 e. The minimum absolute atomic E-state index is 0.0107. The van der Waals surface area contributed by atoms with Crippen molar-refractivity contribution in [3.63, 3.8) is 0 Å². The molecule has 166 valence electrons. The second-order valence-corrected chi connectivity index (χ2v) is 9.38. The number of morpholine rings is 1. The van der Waals surface area contributed by atoms with Crippen molar-refractivity contribution in [3.05, 3.63) is 35.0 Å². The molecule has 0 radical (unpaired) electrons. The fraction of sp³-hybridized carbons (Fsp3) is 0.542. The van der Waals surface area contributed by atoms with Crippen LogP contribution in [0.15, 0.2) is 34.5 Å². The molecule has 0 saturated carbocycles. The maximum Gasteiger partial charge on any atom is 0.232 e. The Morgan fingerprint density at radius 1 is 1.26 bits per heavy atom. The lowest BCUT2D eigenvalue weighted by atomic mass is 9.66. The number of amides is 1. The lowest BCUT2D eigenvalue weighted by molar-refractivity contribution is -0.138. The van der Waals surface area contributed by atoms with Gasteiger partial charge in [-0.1, -0.05) is 19.9 Å². The van der Waals surface area contributed by atoms with Crippen molar-refractivity contribution in [3.8, 4) is 11.5 Å². The molecule has 2 aliphatic heterocycles. The van der Waals surface area contributed by atoms with Gasteiger partial charge in [-0.3, -0.25) is 14.6 Å². The summed E-state index contributed by atoms with van der Waals surface area (Å²) in [6.45, 7) is 8.06. The molecule has 1 aromatic rings. The maximum absolute atomic E-state index is 13.6. The molecule has 2 atom stereocenters. The van der Waals surface area contributed by atoms with Crippen LogP contribution >= 0.6 is 0 Å². The summed E-state index contributed by atoms with van der Waals surface area (Å²) in [4.78, 5) is 33.5. The van der Waals surface area contributed by atoms with Gasteiger partial charge in [0.1, 0.15) is 0 Å². The molecule has 1 unspecified atom stereocenters. The summed E-state index contributed by atoms with van der Waals surface area (Å²) in [5.41, 5.74) is 2.64. The molecule has 2 heterocycles.